The van der Waals surface area contributed by atoms with Crippen molar-refractivity contribution in [3.63, 3.8) is 0 Å². The molecule has 0 N–H and O–H groups in total. The monoisotopic (exact) mass is 226 g/mol. The van der Waals surface area contributed by atoms with Gasteiger partial charge < -0.3 is 4.79 Å². The first-order chi connectivity index (χ1) is 7.36. The Labute approximate surface area is 95.4 Å². The fourth-order valence-electron chi connectivity index (χ4n) is 1.56. The number of rotatable bonds is 8. The predicted molar refractivity (Wildman–Crippen MR) is 59.0 cm³/mol. The van der Waals surface area contributed by atoms with Crippen LogP contribution in [0.15, 0.2) is 0 Å². The standard InChI is InChI=1S/C12H18O4/c1-8(13)6-4-5-7-11(16)12(9(2)14)10(3)15/h12H,4-7H2,1-3H3. The number of carbonyl (C=O) groups is 4. The second-order valence-corrected chi connectivity index (χ2v) is 4.03. The summed E-state index contributed by atoms with van der Waals surface area (Å²) in [6.45, 7) is 3.99. The molecule has 0 heterocycles. The molecule has 0 bridgehead atoms. The van der Waals surface area contributed by atoms with Crippen LogP contribution in [0.2, 0.25) is 0 Å². The highest BCUT2D eigenvalue weighted by molar-refractivity contribution is 6.18. The maximum Gasteiger partial charge on any atom is 0.150 e. The van der Waals surface area contributed by atoms with Crippen molar-refractivity contribution in [3.05, 3.63) is 0 Å². The van der Waals surface area contributed by atoms with Crippen LogP contribution in [-0.2, 0) is 19.2 Å². The fourth-order valence-corrected chi connectivity index (χ4v) is 1.56. The highest BCUT2D eigenvalue weighted by atomic mass is 16.2. The predicted octanol–water partition coefficient (Wildman–Crippen LogP) is 1.50. The Balaban J connectivity index is 4.08. The van der Waals surface area contributed by atoms with Gasteiger partial charge in [0.05, 0.1) is 0 Å². The van der Waals surface area contributed by atoms with Crippen LogP contribution in [0.3, 0.4) is 0 Å². The maximum atomic E-state index is 11.5. The van der Waals surface area contributed by atoms with E-state index >= 15 is 0 Å². The summed E-state index contributed by atoms with van der Waals surface area (Å²) in [4.78, 5) is 44.3. The van der Waals surface area contributed by atoms with Gasteiger partial charge in [-0.2, -0.15) is 0 Å². The molecular formula is C12H18O4. The third kappa shape index (κ3) is 5.53. The number of hydrogen-bond acceptors (Lipinski definition) is 4. The van der Waals surface area contributed by atoms with Gasteiger partial charge in [-0.15, -0.1) is 0 Å². The third-order valence-corrected chi connectivity index (χ3v) is 2.34. The number of unbranched alkanes of at least 4 members (excludes halogenated alkanes) is 1. The zero-order valence-corrected chi connectivity index (χ0v) is 10.0. The van der Waals surface area contributed by atoms with E-state index in [1.54, 1.807) is 0 Å². The van der Waals surface area contributed by atoms with Gasteiger partial charge in [0.15, 0.2) is 5.78 Å². The van der Waals surface area contributed by atoms with E-state index in [-0.39, 0.29) is 18.0 Å². The summed E-state index contributed by atoms with van der Waals surface area (Å²) in [6, 6.07) is 0. The van der Waals surface area contributed by atoms with E-state index in [2.05, 4.69) is 0 Å². The molecule has 0 amide bonds. The molecule has 90 valence electrons. The zero-order chi connectivity index (χ0) is 12.7. The smallest absolute Gasteiger partial charge is 0.150 e. The van der Waals surface area contributed by atoms with Crippen LogP contribution in [0.5, 0.6) is 0 Å². The van der Waals surface area contributed by atoms with Crippen LogP contribution in [-0.4, -0.2) is 23.1 Å². The summed E-state index contributed by atoms with van der Waals surface area (Å²) in [6.07, 6.45) is 1.81. The summed E-state index contributed by atoms with van der Waals surface area (Å²) in [5.74, 6) is -2.14. The molecule has 0 aliphatic rings. The van der Waals surface area contributed by atoms with Gasteiger partial charge in [-0.3, -0.25) is 14.4 Å². The van der Waals surface area contributed by atoms with Crippen LogP contribution in [0.4, 0.5) is 0 Å². The van der Waals surface area contributed by atoms with Crippen molar-refractivity contribution >= 4 is 23.1 Å². The summed E-state index contributed by atoms with van der Waals surface area (Å²) >= 11 is 0. The number of carbonyl (C=O) groups excluding carboxylic acids is 4. The minimum Gasteiger partial charge on any atom is -0.300 e. The molecule has 4 heteroatoms. The first kappa shape index (κ1) is 14.7. The summed E-state index contributed by atoms with van der Waals surface area (Å²) in [7, 11) is 0. The minimum atomic E-state index is -1.10. The second-order valence-electron chi connectivity index (χ2n) is 4.03. The molecule has 0 aliphatic heterocycles. The molecule has 0 aromatic rings. The quantitative estimate of drug-likeness (QED) is 0.464. The van der Waals surface area contributed by atoms with Gasteiger partial charge in [0, 0.05) is 12.8 Å². The Morgan fingerprint density at radius 2 is 1.25 bits per heavy atom. The zero-order valence-electron chi connectivity index (χ0n) is 10.0. The molecule has 0 radical (unpaired) electrons. The Kier molecular flexibility index (Phi) is 6.46. The molecular weight excluding hydrogens is 208 g/mol. The van der Waals surface area contributed by atoms with Gasteiger partial charge in [0.2, 0.25) is 0 Å². The molecule has 0 rings (SSSR count). The molecule has 0 fully saturated rings. The van der Waals surface area contributed by atoms with Gasteiger partial charge in [0.25, 0.3) is 0 Å². The lowest BCUT2D eigenvalue weighted by molar-refractivity contribution is -0.138. The number of Topliss-reactive ketones (excluding diaryl/α,β-unsaturated/α-hetero) is 4. The van der Waals surface area contributed by atoms with Crippen LogP contribution in [0.1, 0.15) is 46.5 Å². The van der Waals surface area contributed by atoms with Crippen molar-refractivity contribution in [2.75, 3.05) is 0 Å². The summed E-state index contributed by atoms with van der Waals surface area (Å²) in [5, 5.41) is 0. The van der Waals surface area contributed by atoms with Crippen molar-refractivity contribution in [2.24, 2.45) is 5.92 Å². The first-order valence-electron chi connectivity index (χ1n) is 5.39. The van der Waals surface area contributed by atoms with E-state index in [9.17, 15) is 19.2 Å². The molecule has 0 aromatic heterocycles. The molecule has 0 aliphatic carbocycles. The first-order valence-corrected chi connectivity index (χ1v) is 5.39. The van der Waals surface area contributed by atoms with E-state index < -0.39 is 17.5 Å². The average Bonchev–Trinajstić information content (AvgIpc) is 2.10. The van der Waals surface area contributed by atoms with Crippen molar-refractivity contribution in [2.45, 2.75) is 46.5 Å². The summed E-state index contributed by atoms with van der Waals surface area (Å²) in [5.41, 5.74) is 0. The summed E-state index contributed by atoms with van der Waals surface area (Å²) < 4.78 is 0. The highest BCUT2D eigenvalue weighted by Gasteiger charge is 2.26. The molecule has 0 aromatic carbocycles. The molecule has 0 unspecified atom stereocenters. The molecule has 0 saturated heterocycles. The molecule has 0 atom stereocenters. The van der Waals surface area contributed by atoms with Crippen LogP contribution >= 0.6 is 0 Å². The molecule has 16 heavy (non-hydrogen) atoms. The number of ketones is 4. The van der Waals surface area contributed by atoms with Crippen molar-refractivity contribution in [1.29, 1.82) is 0 Å². The Morgan fingerprint density at radius 1 is 0.812 bits per heavy atom. The molecule has 0 saturated carbocycles. The Bertz CT molecular complexity index is 290. The van der Waals surface area contributed by atoms with Crippen molar-refractivity contribution < 1.29 is 19.2 Å². The van der Waals surface area contributed by atoms with Crippen molar-refractivity contribution in [1.82, 2.24) is 0 Å². The lowest BCUT2D eigenvalue weighted by Crippen LogP contribution is -2.28. The molecule has 4 nitrogen and oxygen atoms in total. The fraction of sp³-hybridized carbons (Fsp3) is 0.667. The number of hydrogen-bond donors (Lipinski definition) is 0. The third-order valence-electron chi connectivity index (χ3n) is 2.34. The van der Waals surface area contributed by atoms with Crippen molar-refractivity contribution in [3.8, 4) is 0 Å². The van der Waals surface area contributed by atoms with E-state index in [1.807, 2.05) is 0 Å². The SMILES string of the molecule is CC(=O)CCCCC(=O)C(C(C)=O)C(C)=O. The topological polar surface area (TPSA) is 68.3 Å². The Morgan fingerprint density at radius 3 is 1.62 bits per heavy atom. The van der Waals surface area contributed by atoms with E-state index in [1.165, 1.54) is 20.8 Å². The van der Waals surface area contributed by atoms with Gasteiger partial charge in [0.1, 0.15) is 23.3 Å². The largest absolute Gasteiger partial charge is 0.300 e. The van der Waals surface area contributed by atoms with Crippen LogP contribution < -0.4 is 0 Å². The lowest BCUT2D eigenvalue weighted by Gasteiger charge is -2.08. The van der Waals surface area contributed by atoms with Crippen LogP contribution in [0.25, 0.3) is 0 Å². The van der Waals surface area contributed by atoms with E-state index in [4.69, 9.17) is 0 Å². The minimum absolute atomic E-state index is 0.0853. The average molecular weight is 226 g/mol. The lowest BCUT2D eigenvalue weighted by atomic mass is 9.92. The second kappa shape index (κ2) is 7.04. The van der Waals surface area contributed by atoms with E-state index in [0.29, 0.717) is 19.3 Å². The van der Waals surface area contributed by atoms with E-state index in [0.717, 1.165) is 0 Å². The molecule has 0 spiro atoms. The van der Waals surface area contributed by atoms with Crippen LogP contribution in [0, 0.1) is 5.92 Å². The Hall–Kier alpha value is -1.32. The normalized spacial score (nSPS) is 10.2. The highest BCUT2D eigenvalue weighted by Crippen LogP contribution is 2.09. The van der Waals surface area contributed by atoms with Gasteiger partial charge in [-0.1, -0.05) is 0 Å². The maximum absolute atomic E-state index is 11.5. The van der Waals surface area contributed by atoms with Gasteiger partial charge in [-0.05, 0) is 33.6 Å². The van der Waals surface area contributed by atoms with Gasteiger partial charge >= 0.3 is 0 Å². The van der Waals surface area contributed by atoms with Gasteiger partial charge in [-0.25, -0.2) is 0 Å².